The van der Waals surface area contributed by atoms with E-state index in [9.17, 15) is 0 Å². The maximum atomic E-state index is 5.76. The third kappa shape index (κ3) is 3.55. The van der Waals surface area contributed by atoms with Gasteiger partial charge in [-0.15, -0.1) is 0 Å². The molecule has 19 heavy (non-hydrogen) atoms. The molecule has 0 fully saturated rings. The van der Waals surface area contributed by atoms with Gasteiger partial charge in [-0.3, -0.25) is 0 Å². The zero-order valence-electron chi connectivity index (χ0n) is 10.2. The van der Waals surface area contributed by atoms with Crippen molar-refractivity contribution in [2.45, 2.75) is 6.92 Å². The average Bonchev–Trinajstić information content (AvgIpc) is 2.33. The van der Waals surface area contributed by atoms with Crippen molar-refractivity contribution in [1.29, 1.82) is 0 Å². The lowest BCUT2D eigenvalue weighted by molar-refractivity contribution is 1.42. The summed E-state index contributed by atoms with van der Waals surface area (Å²) < 4.78 is 1.98. The van der Waals surface area contributed by atoms with Crippen molar-refractivity contribution < 1.29 is 0 Å². The highest BCUT2D eigenvalue weighted by Crippen LogP contribution is 2.30. The van der Waals surface area contributed by atoms with E-state index < -0.39 is 0 Å². The zero-order chi connectivity index (χ0) is 14.0. The highest BCUT2D eigenvalue weighted by Gasteiger charge is 2.08. The number of anilines is 2. The Balaban J connectivity index is 2.45. The zero-order valence-corrected chi connectivity index (χ0v) is 14.2. The molecule has 5 heteroatoms. The Labute approximate surface area is 134 Å². The van der Waals surface area contributed by atoms with Crippen molar-refractivity contribution in [3.8, 4) is 0 Å². The Hall–Kier alpha value is -0.910. The van der Waals surface area contributed by atoms with E-state index in [2.05, 4.69) is 37.2 Å². The summed E-state index contributed by atoms with van der Waals surface area (Å²) in [6.07, 6.45) is 0. The highest BCUT2D eigenvalue weighted by atomic mass is 79.9. The van der Waals surface area contributed by atoms with Crippen LogP contribution in [0.1, 0.15) is 11.1 Å². The van der Waals surface area contributed by atoms with E-state index in [-0.39, 0.29) is 0 Å². The second-order valence-corrected chi connectivity index (χ2v) is 6.37. The predicted molar refractivity (Wildman–Crippen MR) is 92.2 cm³/mol. The quantitative estimate of drug-likeness (QED) is 0.721. The van der Waals surface area contributed by atoms with Crippen molar-refractivity contribution in [2.24, 2.45) is 5.73 Å². The van der Waals surface area contributed by atoms with Gasteiger partial charge in [-0.05, 0) is 58.7 Å². The number of thiocarbonyl (C=S) groups is 1. The Kier molecular flexibility index (Phi) is 4.60. The van der Waals surface area contributed by atoms with E-state index in [1.54, 1.807) is 0 Å². The number of nitrogens with two attached hydrogens (primary N) is 1. The van der Waals surface area contributed by atoms with E-state index >= 15 is 0 Å². The van der Waals surface area contributed by atoms with Crippen molar-refractivity contribution in [2.75, 3.05) is 5.32 Å². The normalized spacial score (nSPS) is 10.3. The van der Waals surface area contributed by atoms with E-state index in [1.807, 2.05) is 43.3 Å². The third-order valence-corrected chi connectivity index (χ3v) is 4.04. The predicted octanol–water partition coefficient (Wildman–Crippen LogP) is 4.90. The fourth-order valence-corrected chi connectivity index (χ4v) is 2.60. The first-order valence-electron chi connectivity index (χ1n) is 5.60. The Bertz CT molecular complexity index is 641. The topological polar surface area (TPSA) is 38.0 Å². The van der Waals surface area contributed by atoms with Gasteiger partial charge in [0.1, 0.15) is 4.99 Å². The molecule has 2 rings (SSSR count). The van der Waals surface area contributed by atoms with Crippen LogP contribution in [0.2, 0.25) is 0 Å². The number of hydrogen-bond donors (Lipinski definition) is 2. The standard InChI is InChI=1S/C14H12Br2N2S/c1-8-2-4-10(14(17)19)12(6-8)18-13-7-9(15)3-5-11(13)16/h2-7,18H,1H3,(H2,17,19). The summed E-state index contributed by atoms with van der Waals surface area (Å²) in [4.78, 5) is 0.383. The molecule has 0 amide bonds. The fraction of sp³-hybridized carbons (Fsp3) is 0.0714. The monoisotopic (exact) mass is 398 g/mol. The van der Waals surface area contributed by atoms with Crippen LogP contribution in [0.5, 0.6) is 0 Å². The van der Waals surface area contributed by atoms with Crippen molar-refractivity contribution in [3.63, 3.8) is 0 Å². The van der Waals surface area contributed by atoms with E-state index in [0.717, 1.165) is 31.4 Å². The molecule has 98 valence electrons. The van der Waals surface area contributed by atoms with Crippen LogP contribution in [0, 0.1) is 6.92 Å². The number of rotatable bonds is 3. The van der Waals surface area contributed by atoms with Crippen molar-refractivity contribution >= 4 is 60.4 Å². The molecule has 0 aromatic heterocycles. The number of benzene rings is 2. The van der Waals surface area contributed by atoms with Crippen LogP contribution in [-0.4, -0.2) is 4.99 Å². The number of nitrogens with one attached hydrogen (secondary N) is 1. The lowest BCUT2D eigenvalue weighted by Gasteiger charge is -2.14. The van der Waals surface area contributed by atoms with Gasteiger partial charge < -0.3 is 11.1 Å². The van der Waals surface area contributed by atoms with Gasteiger partial charge in [0.25, 0.3) is 0 Å². The van der Waals surface area contributed by atoms with E-state index in [4.69, 9.17) is 18.0 Å². The van der Waals surface area contributed by atoms with Crippen LogP contribution in [0.4, 0.5) is 11.4 Å². The van der Waals surface area contributed by atoms with Gasteiger partial charge in [0.15, 0.2) is 0 Å². The molecule has 0 spiro atoms. The molecular weight excluding hydrogens is 388 g/mol. The second-order valence-electron chi connectivity index (χ2n) is 4.16. The maximum Gasteiger partial charge on any atom is 0.106 e. The molecule has 0 heterocycles. The minimum Gasteiger partial charge on any atom is -0.389 e. The molecule has 2 aromatic rings. The van der Waals surface area contributed by atoms with E-state index in [1.165, 1.54) is 0 Å². The summed E-state index contributed by atoms with van der Waals surface area (Å²) in [5.74, 6) is 0. The molecule has 2 aromatic carbocycles. The average molecular weight is 400 g/mol. The fourth-order valence-electron chi connectivity index (χ4n) is 1.71. The van der Waals surface area contributed by atoms with Gasteiger partial charge in [0, 0.05) is 20.2 Å². The molecule has 3 N–H and O–H groups in total. The number of halogens is 2. The Morgan fingerprint density at radius 2 is 1.84 bits per heavy atom. The molecule has 0 radical (unpaired) electrons. The smallest absolute Gasteiger partial charge is 0.106 e. The molecule has 0 unspecified atom stereocenters. The van der Waals surface area contributed by atoms with Gasteiger partial charge in [-0.25, -0.2) is 0 Å². The Morgan fingerprint density at radius 1 is 1.11 bits per heavy atom. The minimum atomic E-state index is 0.383. The summed E-state index contributed by atoms with van der Waals surface area (Å²) >= 11 is 12.1. The van der Waals surface area contributed by atoms with Crippen LogP contribution in [0.15, 0.2) is 45.3 Å². The summed E-state index contributed by atoms with van der Waals surface area (Å²) in [6.45, 7) is 2.03. The first-order chi connectivity index (χ1) is 8.97. The first kappa shape index (κ1) is 14.5. The summed E-state index contributed by atoms with van der Waals surface area (Å²) in [6, 6.07) is 11.9. The number of aryl methyl sites for hydroxylation is 1. The van der Waals surface area contributed by atoms with Crippen LogP contribution < -0.4 is 11.1 Å². The van der Waals surface area contributed by atoms with Gasteiger partial charge in [-0.2, -0.15) is 0 Å². The largest absolute Gasteiger partial charge is 0.389 e. The van der Waals surface area contributed by atoms with Crippen molar-refractivity contribution in [3.05, 3.63) is 56.5 Å². The molecule has 0 aliphatic rings. The lowest BCUT2D eigenvalue weighted by Crippen LogP contribution is -2.12. The summed E-state index contributed by atoms with van der Waals surface area (Å²) in [5, 5.41) is 3.36. The molecule has 0 saturated heterocycles. The van der Waals surface area contributed by atoms with Crippen LogP contribution in [-0.2, 0) is 0 Å². The third-order valence-electron chi connectivity index (χ3n) is 2.64. The molecule has 0 saturated carbocycles. The molecule has 0 bridgehead atoms. The number of hydrogen-bond acceptors (Lipinski definition) is 2. The summed E-state index contributed by atoms with van der Waals surface area (Å²) in [7, 11) is 0. The van der Waals surface area contributed by atoms with Crippen molar-refractivity contribution in [1.82, 2.24) is 0 Å². The van der Waals surface area contributed by atoms with Gasteiger partial charge >= 0.3 is 0 Å². The van der Waals surface area contributed by atoms with Gasteiger partial charge in [-0.1, -0.05) is 34.2 Å². The SMILES string of the molecule is Cc1ccc(C(N)=S)c(Nc2cc(Br)ccc2Br)c1. The van der Waals surface area contributed by atoms with Crippen LogP contribution in [0.25, 0.3) is 0 Å². The molecule has 0 aliphatic carbocycles. The second kappa shape index (κ2) is 6.03. The first-order valence-corrected chi connectivity index (χ1v) is 7.59. The molecule has 0 aliphatic heterocycles. The maximum absolute atomic E-state index is 5.76. The minimum absolute atomic E-state index is 0.383. The Morgan fingerprint density at radius 3 is 2.53 bits per heavy atom. The highest BCUT2D eigenvalue weighted by molar-refractivity contribution is 9.11. The van der Waals surface area contributed by atoms with Gasteiger partial charge in [0.05, 0.1) is 5.69 Å². The van der Waals surface area contributed by atoms with E-state index in [0.29, 0.717) is 4.99 Å². The van der Waals surface area contributed by atoms with Gasteiger partial charge in [0.2, 0.25) is 0 Å². The van der Waals surface area contributed by atoms with Crippen LogP contribution in [0.3, 0.4) is 0 Å². The lowest BCUT2D eigenvalue weighted by atomic mass is 10.1. The summed E-state index contributed by atoms with van der Waals surface area (Å²) in [5.41, 5.74) is 9.61. The molecular formula is C14H12Br2N2S. The molecule has 0 atom stereocenters. The molecule has 2 nitrogen and oxygen atoms in total. The van der Waals surface area contributed by atoms with Crippen LogP contribution >= 0.6 is 44.1 Å².